The van der Waals surface area contributed by atoms with Gasteiger partial charge in [0.25, 0.3) is 0 Å². The van der Waals surface area contributed by atoms with Gasteiger partial charge in [-0.05, 0) is 55.3 Å². The summed E-state index contributed by atoms with van der Waals surface area (Å²) in [6.45, 7) is 0.335. The minimum absolute atomic E-state index is 0.109. The largest absolute Gasteiger partial charge is 0.449 e. The molecule has 1 unspecified atom stereocenters. The van der Waals surface area contributed by atoms with Crippen molar-refractivity contribution in [3.05, 3.63) is 64.7 Å². The maximum absolute atomic E-state index is 14.5. The van der Waals surface area contributed by atoms with Crippen LogP contribution in [0.3, 0.4) is 0 Å². The van der Waals surface area contributed by atoms with Crippen LogP contribution in [-0.2, 0) is 14.6 Å². The lowest BCUT2D eigenvalue weighted by Crippen LogP contribution is -2.40. The quantitative estimate of drug-likeness (QED) is 0.682. The molecule has 0 aromatic heterocycles. The fraction of sp³-hybridized carbons (Fsp3) is 0.381. The standard InChI is InChI=1S/C21H22ClF2NO5S/c22-14-1-4-17(5-2-14)31(28,29)20(18-13-15(23)3-6-19(18)24)9-12-30-21(27)25-10-7-16(26)8-11-25/h1-6,13,16,20,26H,7-12H2. The molecule has 0 spiro atoms. The van der Waals surface area contributed by atoms with Crippen LogP contribution in [0.4, 0.5) is 13.6 Å². The molecule has 1 amide bonds. The number of halogens is 3. The number of rotatable bonds is 6. The van der Waals surface area contributed by atoms with Crippen LogP contribution in [0.25, 0.3) is 0 Å². The van der Waals surface area contributed by atoms with Crippen LogP contribution in [0, 0.1) is 11.6 Å². The molecule has 3 rings (SSSR count). The number of nitrogens with zero attached hydrogens (tertiary/aromatic N) is 1. The summed E-state index contributed by atoms with van der Waals surface area (Å²) in [5, 5.41) is 8.38. The Bertz CT molecular complexity index is 1020. The highest BCUT2D eigenvalue weighted by Gasteiger charge is 2.32. The van der Waals surface area contributed by atoms with Crippen LogP contribution < -0.4 is 0 Å². The number of ether oxygens (including phenoxy) is 1. The molecule has 1 aliphatic heterocycles. The number of sulfone groups is 1. The molecule has 1 atom stereocenters. The summed E-state index contributed by atoms with van der Waals surface area (Å²) < 4.78 is 59.8. The van der Waals surface area contributed by atoms with Gasteiger partial charge in [-0.1, -0.05) is 11.6 Å². The zero-order chi connectivity index (χ0) is 22.6. The maximum Gasteiger partial charge on any atom is 0.409 e. The predicted molar refractivity (Wildman–Crippen MR) is 111 cm³/mol. The van der Waals surface area contributed by atoms with Gasteiger partial charge in [0.2, 0.25) is 0 Å². The number of likely N-dealkylation sites (tertiary alicyclic amines) is 1. The second kappa shape index (κ2) is 9.93. The lowest BCUT2D eigenvalue weighted by molar-refractivity contribution is 0.0586. The normalized spacial score (nSPS) is 16.2. The van der Waals surface area contributed by atoms with Gasteiger partial charge in [-0.3, -0.25) is 0 Å². The van der Waals surface area contributed by atoms with E-state index < -0.39 is 38.9 Å². The Morgan fingerprint density at radius 1 is 1.16 bits per heavy atom. The molecule has 2 aromatic carbocycles. The van der Waals surface area contributed by atoms with Crippen LogP contribution in [-0.4, -0.2) is 50.3 Å². The van der Waals surface area contributed by atoms with Crippen LogP contribution >= 0.6 is 11.6 Å². The van der Waals surface area contributed by atoms with Gasteiger partial charge in [-0.25, -0.2) is 22.0 Å². The van der Waals surface area contributed by atoms with Gasteiger partial charge in [0.1, 0.15) is 11.6 Å². The zero-order valence-corrected chi connectivity index (χ0v) is 18.1. The third-order valence-corrected chi connectivity index (χ3v) is 7.57. The number of aliphatic hydroxyl groups excluding tert-OH is 1. The van der Waals surface area contributed by atoms with Crippen LogP contribution in [0.5, 0.6) is 0 Å². The Balaban J connectivity index is 1.80. The zero-order valence-electron chi connectivity index (χ0n) is 16.5. The highest BCUT2D eigenvalue weighted by Crippen LogP contribution is 2.34. The number of carbonyl (C=O) groups is 1. The second-order valence-electron chi connectivity index (χ2n) is 7.27. The Kier molecular flexibility index (Phi) is 7.51. The number of amides is 1. The van der Waals surface area contributed by atoms with Gasteiger partial charge < -0.3 is 14.7 Å². The summed E-state index contributed by atoms with van der Waals surface area (Å²) in [6, 6.07) is 7.94. The summed E-state index contributed by atoms with van der Waals surface area (Å²) in [5.74, 6) is -1.66. The minimum atomic E-state index is -4.14. The Morgan fingerprint density at radius 3 is 2.45 bits per heavy atom. The summed E-state index contributed by atoms with van der Waals surface area (Å²) in [7, 11) is -4.14. The minimum Gasteiger partial charge on any atom is -0.449 e. The van der Waals surface area contributed by atoms with Gasteiger partial charge in [0.05, 0.1) is 22.9 Å². The number of piperidine rings is 1. The van der Waals surface area contributed by atoms with Crippen LogP contribution in [0.2, 0.25) is 5.02 Å². The summed E-state index contributed by atoms with van der Waals surface area (Å²) in [6.07, 6.45) is -0.523. The first-order valence-corrected chi connectivity index (χ1v) is 11.6. The van der Waals surface area contributed by atoms with E-state index >= 15 is 0 Å². The topological polar surface area (TPSA) is 83.9 Å². The van der Waals surface area contributed by atoms with E-state index in [1.807, 2.05) is 0 Å². The van der Waals surface area contributed by atoms with Gasteiger partial charge in [0.15, 0.2) is 9.84 Å². The fourth-order valence-corrected chi connectivity index (χ4v) is 5.31. The third kappa shape index (κ3) is 5.72. The first-order valence-electron chi connectivity index (χ1n) is 9.72. The summed E-state index contributed by atoms with van der Waals surface area (Å²) >= 11 is 5.82. The molecule has 0 aliphatic carbocycles. The molecule has 31 heavy (non-hydrogen) atoms. The molecule has 168 valence electrons. The first-order chi connectivity index (χ1) is 14.7. The summed E-state index contributed by atoms with van der Waals surface area (Å²) in [5.41, 5.74) is -0.341. The number of hydrogen-bond donors (Lipinski definition) is 1. The number of carbonyl (C=O) groups excluding carboxylic acids is 1. The average Bonchev–Trinajstić information content (AvgIpc) is 2.74. The van der Waals surface area contributed by atoms with Gasteiger partial charge in [-0.15, -0.1) is 0 Å². The Morgan fingerprint density at radius 2 is 1.81 bits per heavy atom. The van der Waals surface area contributed by atoms with Crippen molar-refractivity contribution in [1.82, 2.24) is 4.90 Å². The SMILES string of the molecule is O=C(OCCC(c1cc(F)ccc1F)S(=O)(=O)c1ccc(Cl)cc1)N1CCC(O)CC1. The van der Waals surface area contributed by atoms with E-state index in [2.05, 4.69) is 0 Å². The molecule has 2 aromatic rings. The summed E-state index contributed by atoms with van der Waals surface area (Å²) in [4.78, 5) is 13.5. The molecule has 10 heteroatoms. The fourth-order valence-electron chi connectivity index (χ4n) is 3.42. The van der Waals surface area contributed by atoms with Crippen LogP contribution in [0.15, 0.2) is 47.4 Å². The molecule has 0 saturated carbocycles. The van der Waals surface area contributed by atoms with E-state index in [0.717, 1.165) is 18.2 Å². The second-order valence-corrected chi connectivity index (χ2v) is 9.84. The lowest BCUT2D eigenvalue weighted by Gasteiger charge is -2.29. The molecule has 1 saturated heterocycles. The van der Waals surface area contributed by atoms with Gasteiger partial charge in [0, 0.05) is 30.1 Å². The third-order valence-electron chi connectivity index (χ3n) is 5.15. The van der Waals surface area contributed by atoms with E-state index in [1.54, 1.807) is 0 Å². The number of hydrogen-bond acceptors (Lipinski definition) is 5. The molecule has 1 N–H and O–H groups in total. The molecule has 6 nitrogen and oxygen atoms in total. The molecule has 1 heterocycles. The van der Waals surface area contributed by atoms with Crippen molar-refractivity contribution in [3.63, 3.8) is 0 Å². The number of aliphatic hydroxyl groups is 1. The molecule has 1 aliphatic rings. The highest BCUT2D eigenvalue weighted by atomic mass is 35.5. The molecular formula is C21H22ClF2NO5S. The van der Waals surface area contributed by atoms with Crippen molar-refractivity contribution in [1.29, 1.82) is 0 Å². The van der Waals surface area contributed by atoms with Crippen molar-refractivity contribution >= 4 is 27.5 Å². The van der Waals surface area contributed by atoms with Crippen LogP contribution in [0.1, 0.15) is 30.1 Å². The molecular weight excluding hydrogens is 452 g/mol. The first kappa shape index (κ1) is 23.4. The highest BCUT2D eigenvalue weighted by molar-refractivity contribution is 7.91. The van der Waals surface area contributed by atoms with E-state index in [4.69, 9.17) is 16.3 Å². The van der Waals surface area contributed by atoms with Gasteiger partial charge in [-0.2, -0.15) is 0 Å². The Hall–Kier alpha value is -2.23. The lowest BCUT2D eigenvalue weighted by atomic mass is 10.1. The number of benzene rings is 2. The van der Waals surface area contributed by atoms with Crippen molar-refractivity contribution in [2.75, 3.05) is 19.7 Å². The monoisotopic (exact) mass is 473 g/mol. The molecule has 0 radical (unpaired) electrons. The van der Waals surface area contributed by atoms with Crippen molar-refractivity contribution in [2.24, 2.45) is 0 Å². The van der Waals surface area contributed by atoms with E-state index in [9.17, 15) is 27.1 Å². The molecule has 0 bridgehead atoms. The van der Waals surface area contributed by atoms with E-state index in [0.29, 0.717) is 31.0 Å². The van der Waals surface area contributed by atoms with Crippen molar-refractivity contribution in [2.45, 2.75) is 35.5 Å². The molecule has 1 fully saturated rings. The van der Waals surface area contributed by atoms with E-state index in [-0.39, 0.29) is 23.5 Å². The van der Waals surface area contributed by atoms with Gasteiger partial charge >= 0.3 is 6.09 Å². The average molecular weight is 474 g/mol. The van der Waals surface area contributed by atoms with E-state index in [1.165, 1.54) is 29.2 Å². The van der Waals surface area contributed by atoms with Crippen molar-refractivity contribution < 1.29 is 31.8 Å². The maximum atomic E-state index is 14.5. The predicted octanol–water partition coefficient (Wildman–Crippen LogP) is 4.12. The smallest absolute Gasteiger partial charge is 0.409 e. The Labute approximate surface area is 184 Å². The van der Waals surface area contributed by atoms with Crippen molar-refractivity contribution in [3.8, 4) is 0 Å².